The van der Waals surface area contributed by atoms with E-state index >= 15 is 0 Å². The van der Waals surface area contributed by atoms with Crippen molar-refractivity contribution in [2.75, 3.05) is 39.3 Å². The predicted molar refractivity (Wildman–Crippen MR) is 110 cm³/mol. The van der Waals surface area contributed by atoms with Crippen molar-refractivity contribution in [2.45, 2.75) is 51.0 Å². The molecule has 3 fully saturated rings. The maximum absolute atomic E-state index is 13.4. The molecule has 1 unspecified atom stereocenters. The Labute approximate surface area is 168 Å². The van der Waals surface area contributed by atoms with Gasteiger partial charge >= 0.3 is 0 Å². The van der Waals surface area contributed by atoms with E-state index in [1.54, 1.807) is 0 Å². The minimum atomic E-state index is -0.219. The minimum absolute atomic E-state index is 0.219. The van der Waals surface area contributed by atoms with Crippen molar-refractivity contribution >= 4 is 11.8 Å². The van der Waals surface area contributed by atoms with E-state index in [0.29, 0.717) is 5.91 Å². The van der Waals surface area contributed by atoms with Crippen LogP contribution in [0.4, 0.5) is 0 Å². The van der Waals surface area contributed by atoms with E-state index in [1.165, 1.54) is 19.3 Å². The summed E-state index contributed by atoms with van der Waals surface area (Å²) in [5.74, 6) is 0.823. The molecule has 1 aromatic carbocycles. The number of carbonyl (C=O) groups is 2. The largest absolute Gasteiger partial charge is 0.341 e. The van der Waals surface area contributed by atoms with Gasteiger partial charge in [0.2, 0.25) is 11.8 Å². The van der Waals surface area contributed by atoms with E-state index < -0.39 is 0 Å². The van der Waals surface area contributed by atoms with Gasteiger partial charge in [0.05, 0.1) is 0 Å². The molecule has 0 bridgehead atoms. The van der Waals surface area contributed by atoms with Crippen molar-refractivity contribution in [2.24, 2.45) is 5.92 Å². The fourth-order valence-corrected chi connectivity index (χ4v) is 5.06. The summed E-state index contributed by atoms with van der Waals surface area (Å²) in [5, 5.41) is 0. The Balaban J connectivity index is 1.45. The van der Waals surface area contributed by atoms with Crippen molar-refractivity contribution in [3.63, 3.8) is 0 Å². The van der Waals surface area contributed by atoms with E-state index in [4.69, 9.17) is 0 Å². The van der Waals surface area contributed by atoms with Gasteiger partial charge in [0.25, 0.3) is 0 Å². The van der Waals surface area contributed by atoms with E-state index in [9.17, 15) is 9.59 Å². The Morgan fingerprint density at radius 1 is 0.750 bits per heavy atom. The highest BCUT2D eigenvalue weighted by Gasteiger charge is 2.36. The Kier molecular flexibility index (Phi) is 6.30. The smallest absolute Gasteiger partial charge is 0.244 e. The van der Waals surface area contributed by atoms with Crippen LogP contribution in [-0.4, -0.2) is 65.8 Å². The summed E-state index contributed by atoms with van der Waals surface area (Å²) < 4.78 is 0. The lowest BCUT2D eigenvalue weighted by atomic mass is 10.0. The molecule has 1 saturated carbocycles. The molecule has 3 aliphatic rings. The van der Waals surface area contributed by atoms with Crippen LogP contribution in [0.3, 0.4) is 0 Å². The molecule has 2 aliphatic heterocycles. The van der Waals surface area contributed by atoms with Gasteiger partial charge in [-0.3, -0.25) is 14.5 Å². The number of amides is 2. The number of piperidine rings is 1. The van der Waals surface area contributed by atoms with Crippen LogP contribution in [0, 0.1) is 5.92 Å². The van der Waals surface area contributed by atoms with Gasteiger partial charge < -0.3 is 9.80 Å². The molecule has 1 aliphatic carbocycles. The van der Waals surface area contributed by atoms with Crippen LogP contribution in [0.25, 0.3) is 0 Å². The SMILES string of the molecule is O=C(C1CCCC1)N1CCN(C(C(=O)N2CCCCC2)c2ccccc2)CC1. The first kappa shape index (κ1) is 19.4. The Morgan fingerprint density at radius 3 is 2.04 bits per heavy atom. The third-order valence-corrected chi connectivity index (χ3v) is 6.71. The zero-order valence-corrected chi connectivity index (χ0v) is 16.9. The highest BCUT2D eigenvalue weighted by Crippen LogP contribution is 2.29. The third kappa shape index (κ3) is 4.24. The molecule has 0 N–H and O–H groups in total. The van der Waals surface area contributed by atoms with Gasteiger partial charge in [0, 0.05) is 45.2 Å². The number of benzene rings is 1. The zero-order valence-electron chi connectivity index (χ0n) is 16.9. The van der Waals surface area contributed by atoms with Gasteiger partial charge in [0.1, 0.15) is 6.04 Å². The van der Waals surface area contributed by atoms with Crippen LogP contribution in [0.15, 0.2) is 30.3 Å². The summed E-state index contributed by atoms with van der Waals surface area (Å²) in [5.41, 5.74) is 1.08. The van der Waals surface area contributed by atoms with E-state index in [0.717, 1.165) is 70.5 Å². The fraction of sp³-hybridized carbons (Fsp3) is 0.652. The number of carbonyl (C=O) groups excluding carboxylic acids is 2. The third-order valence-electron chi connectivity index (χ3n) is 6.71. The number of piperazine rings is 1. The first-order valence-electron chi connectivity index (χ1n) is 11.1. The molecule has 2 amide bonds. The lowest BCUT2D eigenvalue weighted by molar-refractivity contribution is -0.141. The number of likely N-dealkylation sites (tertiary alicyclic amines) is 1. The summed E-state index contributed by atoms with van der Waals surface area (Å²) in [6.07, 6.45) is 7.93. The molecule has 4 rings (SSSR count). The lowest BCUT2D eigenvalue weighted by Gasteiger charge is -2.41. The van der Waals surface area contributed by atoms with E-state index in [-0.39, 0.29) is 17.9 Å². The summed E-state index contributed by atoms with van der Waals surface area (Å²) in [6, 6.07) is 9.97. The van der Waals surface area contributed by atoms with Crippen molar-refractivity contribution in [1.29, 1.82) is 0 Å². The summed E-state index contributed by atoms with van der Waals surface area (Å²) >= 11 is 0. The second-order valence-corrected chi connectivity index (χ2v) is 8.54. The van der Waals surface area contributed by atoms with Crippen molar-refractivity contribution in [3.05, 3.63) is 35.9 Å². The maximum atomic E-state index is 13.4. The second-order valence-electron chi connectivity index (χ2n) is 8.54. The molecule has 1 aromatic rings. The number of hydrogen-bond acceptors (Lipinski definition) is 3. The van der Waals surface area contributed by atoms with Crippen LogP contribution >= 0.6 is 0 Å². The molecule has 0 aromatic heterocycles. The zero-order chi connectivity index (χ0) is 19.3. The van der Waals surface area contributed by atoms with Crippen LogP contribution in [-0.2, 0) is 9.59 Å². The Bertz CT molecular complexity index is 658. The van der Waals surface area contributed by atoms with Crippen molar-refractivity contribution < 1.29 is 9.59 Å². The van der Waals surface area contributed by atoms with E-state index in [1.807, 2.05) is 23.1 Å². The van der Waals surface area contributed by atoms with Gasteiger partial charge in [-0.2, -0.15) is 0 Å². The standard InChI is InChI=1S/C23H33N3O2/c27-22(20-11-5-6-12-20)26-17-15-24(16-18-26)21(19-9-3-1-4-10-19)23(28)25-13-7-2-8-14-25/h1,3-4,9-10,20-21H,2,5-8,11-18H2. The van der Waals surface area contributed by atoms with Crippen LogP contribution in [0.2, 0.25) is 0 Å². The van der Waals surface area contributed by atoms with Gasteiger partial charge in [-0.15, -0.1) is 0 Å². The highest BCUT2D eigenvalue weighted by molar-refractivity contribution is 5.83. The number of nitrogens with zero attached hydrogens (tertiary/aromatic N) is 3. The monoisotopic (exact) mass is 383 g/mol. The number of rotatable bonds is 4. The van der Waals surface area contributed by atoms with Crippen LogP contribution < -0.4 is 0 Å². The molecule has 5 heteroatoms. The van der Waals surface area contributed by atoms with Gasteiger partial charge in [-0.25, -0.2) is 0 Å². The van der Waals surface area contributed by atoms with Gasteiger partial charge in [-0.1, -0.05) is 43.2 Å². The van der Waals surface area contributed by atoms with Crippen LogP contribution in [0.1, 0.15) is 56.6 Å². The minimum Gasteiger partial charge on any atom is -0.341 e. The number of hydrogen-bond donors (Lipinski definition) is 0. The molecule has 1 atom stereocenters. The average molecular weight is 384 g/mol. The Morgan fingerprint density at radius 2 is 1.39 bits per heavy atom. The predicted octanol–water partition coefficient (Wildman–Crippen LogP) is 3.07. The van der Waals surface area contributed by atoms with Crippen molar-refractivity contribution in [3.8, 4) is 0 Å². The quantitative estimate of drug-likeness (QED) is 0.803. The van der Waals surface area contributed by atoms with E-state index in [2.05, 4.69) is 21.9 Å². The summed E-state index contributed by atoms with van der Waals surface area (Å²) in [6.45, 7) is 4.79. The molecular weight excluding hydrogens is 350 g/mol. The molecule has 0 spiro atoms. The molecule has 2 heterocycles. The van der Waals surface area contributed by atoms with Gasteiger partial charge in [-0.05, 0) is 37.7 Å². The normalized spacial score (nSPS) is 23.0. The fourth-order valence-electron chi connectivity index (χ4n) is 5.06. The van der Waals surface area contributed by atoms with Gasteiger partial charge in [0.15, 0.2) is 0 Å². The lowest BCUT2D eigenvalue weighted by Crippen LogP contribution is -2.54. The average Bonchev–Trinajstić information content (AvgIpc) is 3.30. The first-order chi connectivity index (χ1) is 13.7. The molecule has 0 radical (unpaired) electrons. The summed E-state index contributed by atoms with van der Waals surface area (Å²) in [7, 11) is 0. The van der Waals surface area contributed by atoms with Crippen molar-refractivity contribution in [1.82, 2.24) is 14.7 Å². The maximum Gasteiger partial charge on any atom is 0.244 e. The molecule has 152 valence electrons. The summed E-state index contributed by atoms with van der Waals surface area (Å²) in [4.78, 5) is 32.6. The second kappa shape index (κ2) is 9.08. The first-order valence-corrected chi connectivity index (χ1v) is 11.1. The molecular formula is C23H33N3O2. The topological polar surface area (TPSA) is 43.9 Å². The molecule has 5 nitrogen and oxygen atoms in total. The van der Waals surface area contributed by atoms with Crippen LogP contribution in [0.5, 0.6) is 0 Å². The molecule has 28 heavy (non-hydrogen) atoms. The molecule has 2 saturated heterocycles. The highest BCUT2D eigenvalue weighted by atomic mass is 16.2. The Hall–Kier alpha value is -1.88.